The molecule has 0 spiro atoms. The summed E-state index contributed by atoms with van der Waals surface area (Å²) in [6, 6.07) is 0. The second-order valence-corrected chi connectivity index (χ2v) is 4.10. The number of H-pyrrole nitrogens is 1. The second kappa shape index (κ2) is 5.11. The molecule has 1 aromatic heterocycles. The number of nitrogens with zero attached hydrogens (tertiary/aromatic N) is 1. The van der Waals surface area contributed by atoms with Gasteiger partial charge in [0, 0.05) is 18.4 Å². The summed E-state index contributed by atoms with van der Waals surface area (Å²) in [5, 5.41) is 2.76. The normalized spacial score (nSPS) is 10.7. The molecule has 0 bridgehead atoms. The van der Waals surface area contributed by atoms with Gasteiger partial charge in [-0.2, -0.15) is 0 Å². The average Bonchev–Trinajstić information content (AvgIpc) is 2.48. The van der Waals surface area contributed by atoms with Crippen LogP contribution in [0.1, 0.15) is 32.4 Å². The highest BCUT2D eigenvalue weighted by Gasteiger charge is 2.10. The summed E-state index contributed by atoms with van der Waals surface area (Å²) in [4.78, 5) is 14.4. The quantitative estimate of drug-likeness (QED) is 0.771. The molecule has 0 aliphatic rings. The molecule has 84 valence electrons. The first-order chi connectivity index (χ1) is 7.06. The predicted octanol–water partition coefficient (Wildman–Crippen LogP) is 1.81. The number of likely N-dealkylation sites (N-methyl/N-ethyl adjacent to an activating group) is 1. The number of hydrogen-bond acceptors (Lipinski definition) is 2. The monoisotopic (exact) mass is 227 g/mol. The fourth-order valence-corrected chi connectivity index (χ4v) is 1.68. The molecule has 0 aliphatic carbocycles. The molecule has 0 aromatic carbocycles. The van der Waals surface area contributed by atoms with Gasteiger partial charge in [-0.25, -0.2) is 0 Å². The topological polar surface area (TPSA) is 49.8 Å². The Morgan fingerprint density at radius 2 is 2.33 bits per heavy atom. The number of carbonyl (C=O) groups excluding carboxylic acids is 1. The molecule has 1 heterocycles. The molecule has 1 aromatic rings. The Labute approximate surface area is 94.7 Å². The number of carbonyl (C=O) groups is 1. The van der Waals surface area contributed by atoms with E-state index in [2.05, 4.69) is 24.1 Å². The molecule has 5 heteroatoms. The first kappa shape index (κ1) is 12.0. The van der Waals surface area contributed by atoms with Crippen molar-refractivity contribution in [1.29, 1.82) is 0 Å². The van der Waals surface area contributed by atoms with Crippen molar-refractivity contribution < 1.29 is 4.79 Å². The largest absolute Gasteiger partial charge is 0.355 e. The molecular weight excluding hydrogens is 210 g/mol. The van der Waals surface area contributed by atoms with E-state index in [0.717, 1.165) is 5.69 Å². The molecule has 15 heavy (non-hydrogen) atoms. The molecule has 0 saturated carbocycles. The fraction of sp³-hybridized carbons (Fsp3) is 0.600. The third-order valence-electron chi connectivity index (χ3n) is 2.17. The van der Waals surface area contributed by atoms with Crippen LogP contribution in [0.5, 0.6) is 0 Å². The lowest BCUT2D eigenvalue weighted by atomic mass is 10.1. The van der Waals surface area contributed by atoms with E-state index < -0.39 is 0 Å². The van der Waals surface area contributed by atoms with E-state index in [4.69, 9.17) is 12.2 Å². The van der Waals surface area contributed by atoms with Crippen LogP contribution in [-0.2, 0) is 11.3 Å². The summed E-state index contributed by atoms with van der Waals surface area (Å²) < 4.78 is 2.44. The van der Waals surface area contributed by atoms with Crippen molar-refractivity contribution in [2.24, 2.45) is 0 Å². The van der Waals surface area contributed by atoms with Gasteiger partial charge in [-0.3, -0.25) is 4.79 Å². The van der Waals surface area contributed by atoms with Crippen LogP contribution in [0.3, 0.4) is 0 Å². The summed E-state index contributed by atoms with van der Waals surface area (Å²) in [5.74, 6) is 0.350. The number of amides is 1. The Kier molecular flexibility index (Phi) is 4.08. The van der Waals surface area contributed by atoms with Crippen LogP contribution in [-0.4, -0.2) is 22.0 Å². The Morgan fingerprint density at radius 1 is 1.67 bits per heavy atom. The molecule has 0 radical (unpaired) electrons. The van der Waals surface area contributed by atoms with Gasteiger partial charge in [-0.15, -0.1) is 0 Å². The predicted molar refractivity (Wildman–Crippen MR) is 62.4 cm³/mol. The maximum atomic E-state index is 11.4. The van der Waals surface area contributed by atoms with Gasteiger partial charge < -0.3 is 14.9 Å². The van der Waals surface area contributed by atoms with Crippen molar-refractivity contribution in [2.45, 2.75) is 33.2 Å². The molecule has 0 aliphatic heterocycles. The third kappa shape index (κ3) is 2.92. The van der Waals surface area contributed by atoms with Crippen LogP contribution in [0.2, 0.25) is 0 Å². The number of aromatic nitrogens is 2. The highest BCUT2D eigenvalue weighted by Crippen LogP contribution is 2.14. The van der Waals surface area contributed by atoms with E-state index >= 15 is 0 Å². The zero-order valence-electron chi connectivity index (χ0n) is 9.33. The standard InChI is InChI=1S/C10H17N3OS/c1-4-11-9(14)6-13-8(7(2)3)5-12-10(13)15/h5,7H,4,6H2,1-3H3,(H,11,14)(H,12,15). The SMILES string of the molecule is CCNC(=O)Cn1c(C(C)C)c[nH]c1=S. The minimum atomic E-state index is -0.00454. The smallest absolute Gasteiger partial charge is 0.240 e. The van der Waals surface area contributed by atoms with Gasteiger partial charge in [0.05, 0.1) is 0 Å². The summed E-state index contributed by atoms with van der Waals surface area (Å²) >= 11 is 5.12. The van der Waals surface area contributed by atoms with Crippen molar-refractivity contribution >= 4 is 18.1 Å². The number of nitrogens with one attached hydrogen (secondary N) is 2. The Hall–Kier alpha value is -1.10. The van der Waals surface area contributed by atoms with E-state index in [1.54, 1.807) is 0 Å². The van der Waals surface area contributed by atoms with Crippen molar-refractivity contribution in [3.05, 3.63) is 16.7 Å². The number of aromatic amines is 1. The molecule has 0 saturated heterocycles. The number of imidazole rings is 1. The first-order valence-electron chi connectivity index (χ1n) is 5.11. The molecule has 0 fully saturated rings. The lowest BCUT2D eigenvalue weighted by Gasteiger charge is -2.10. The highest BCUT2D eigenvalue weighted by molar-refractivity contribution is 7.71. The van der Waals surface area contributed by atoms with Gasteiger partial charge in [0.2, 0.25) is 5.91 Å². The Balaban J connectivity index is 2.88. The third-order valence-corrected chi connectivity index (χ3v) is 2.51. The minimum absolute atomic E-state index is 0.00454. The van der Waals surface area contributed by atoms with Crippen LogP contribution in [0.25, 0.3) is 0 Å². The summed E-state index contributed by atoms with van der Waals surface area (Å²) in [5.41, 5.74) is 1.06. The van der Waals surface area contributed by atoms with Crippen LogP contribution in [0.4, 0.5) is 0 Å². The summed E-state index contributed by atoms with van der Waals surface area (Å²) in [6.45, 7) is 6.99. The maximum Gasteiger partial charge on any atom is 0.240 e. The average molecular weight is 227 g/mol. The lowest BCUT2D eigenvalue weighted by Crippen LogP contribution is -2.27. The zero-order chi connectivity index (χ0) is 11.4. The molecule has 1 amide bonds. The fourth-order valence-electron chi connectivity index (χ4n) is 1.45. The van der Waals surface area contributed by atoms with Gasteiger partial charge in [-0.1, -0.05) is 13.8 Å². The minimum Gasteiger partial charge on any atom is -0.355 e. The molecule has 1 rings (SSSR count). The van der Waals surface area contributed by atoms with E-state index in [1.165, 1.54) is 0 Å². The van der Waals surface area contributed by atoms with Crippen molar-refractivity contribution in [1.82, 2.24) is 14.9 Å². The number of hydrogen-bond donors (Lipinski definition) is 2. The van der Waals surface area contributed by atoms with Gasteiger partial charge >= 0.3 is 0 Å². The van der Waals surface area contributed by atoms with Crippen LogP contribution >= 0.6 is 12.2 Å². The van der Waals surface area contributed by atoms with Gasteiger partial charge in [0.25, 0.3) is 0 Å². The van der Waals surface area contributed by atoms with Gasteiger partial charge in [-0.05, 0) is 25.1 Å². The van der Waals surface area contributed by atoms with E-state index in [-0.39, 0.29) is 5.91 Å². The molecule has 0 atom stereocenters. The molecular formula is C10H17N3OS. The summed E-state index contributed by atoms with van der Waals surface area (Å²) in [7, 11) is 0. The molecule has 4 nitrogen and oxygen atoms in total. The summed E-state index contributed by atoms with van der Waals surface area (Å²) in [6.07, 6.45) is 1.87. The van der Waals surface area contributed by atoms with E-state index in [0.29, 0.717) is 23.8 Å². The highest BCUT2D eigenvalue weighted by atomic mass is 32.1. The Bertz CT molecular complexity index is 392. The first-order valence-corrected chi connectivity index (χ1v) is 5.51. The van der Waals surface area contributed by atoms with Crippen molar-refractivity contribution in [2.75, 3.05) is 6.54 Å². The van der Waals surface area contributed by atoms with Crippen molar-refractivity contribution in [3.8, 4) is 0 Å². The van der Waals surface area contributed by atoms with Crippen molar-refractivity contribution in [3.63, 3.8) is 0 Å². The maximum absolute atomic E-state index is 11.4. The second-order valence-electron chi connectivity index (χ2n) is 3.71. The van der Waals surface area contributed by atoms with E-state index in [1.807, 2.05) is 17.7 Å². The zero-order valence-corrected chi connectivity index (χ0v) is 10.1. The van der Waals surface area contributed by atoms with Crippen LogP contribution in [0.15, 0.2) is 6.20 Å². The van der Waals surface area contributed by atoms with Gasteiger partial charge in [0.1, 0.15) is 6.54 Å². The number of rotatable bonds is 4. The van der Waals surface area contributed by atoms with Gasteiger partial charge in [0.15, 0.2) is 4.77 Å². The van der Waals surface area contributed by atoms with E-state index in [9.17, 15) is 4.79 Å². The van der Waals surface area contributed by atoms with Crippen LogP contribution in [0, 0.1) is 4.77 Å². The molecule has 0 unspecified atom stereocenters. The Morgan fingerprint density at radius 3 is 2.87 bits per heavy atom. The van der Waals surface area contributed by atoms with Crippen LogP contribution < -0.4 is 5.32 Å². The molecule has 2 N–H and O–H groups in total. The lowest BCUT2D eigenvalue weighted by molar-refractivity contribution is -0.121.